The fraction of sp³-hybridized carbons (Fsp3) is 0.346. The largest absolute Gasteiger partial charge is 0.328 e. The van der Waals surface area contributed by atoms with Crippen molar-refractivity contribution in [2.24, 2.45) is 0 Å². The number of nitrogens with zero attached hydrogens (tertiary/aromatic N) is 2. The maximum absolute atomic E-state index is 13.1. The van der Waals surface area contributed by atoms with Gasteiger partial charge in [-0.1, -0.05) is 63.2 Å². The number of para-hydroxylation sites is 1. The molecular formula is C26H29N3O2. The molecule has 160 valence electrons. The van der Waals surface area contributed by atoms with Crippen LogP contribution < -0.4 is 5.32 Å². The van der Waals surface area contributed by atoms with Crippen LogP contribution in [0.3, 0.4) is 0 Å². The van der Waals surface area contributed by atoms with E-state index < -0.39 is 5.54 Å². The fourth-order valence-corrected chi connectivity index (χ4v) is 4.05. The Morgan fingerprint density at radius 2 is 1.77 bits per heavy atom. The molecule has 31 heavy (non-hydrogen) atoms. The third-order valence-corrected chi connectivity index (χ3v) is 6.26. The van der Waals surface area contributed by atoms with Crippen molar-refractivity contribution in [1.29, 1.82) is 0 Å². The summed E-state index contributed by atoms with van der Waals surface area (Å²) in [5, 5.41) is 3.97. The molecule has 5 heteroatoms. The Bertz CT molecular complexity index is 1130. The first-order chi connectivity index (χ1) is 14.7. The molecule has 0 saturated carbocycles. The van der Waals surface area contributed by atoms with Gasteiger partial charge in [0.2, 0.25) is 11.8 Å². The molecule has 1 aromatic heterocycles. The second-order valence-electron chi connectivity index (χ2n) is 9.53. The van der Waals surface area contributed by atoms with Crippen molar-refractivity contribution in [3.8, 4) is 0 Å². The summed E-state index contributed by atoms with van der Waals surface area (Å²) in [5.74, 6) is -0.197. The summed E-state index contributed by atoms with van der Waals surface area (Å²) < 4.78 is 0. The number of aromatic nitrogens is 1. The van der Waals surface area contributed by atoms with Gasteiger partial charge in [-0.05, 0) is 42.0 Å². The molecule has 1 fully saturated rings. The summed E-state index contributed by atoms with van der Waals surface area (Å²) >= 11 is 0. The highest BCUT2D eigenvalue weighted by molar-refractivity contribution is 6.06. The van der Waals surface area contributed by atoms with Gasteiger partial charge in [0.05, 0.1) is 17.6 Å². The molecule has 4 rings (SSSR count). The first-order valence-electron chi connectivity index (χ1n) is 10.7. The molecule has 1 N–H and O–H groups in total. The highest BCUT2D eigenvalue weighted by Crippen LogP contribution is 2.33. The minimum absolute atomic E-state index is 0.0246. The number of pyridine rings is 1. The Kier molecular flexibility index (Phi) is 5.29. The van der Waals surface area contributed by atoms with Crippen LogP contribution in [-0.4, -0.2) is 33.8 Å². The van der Waals surface area contributed by atoms with Crippen LogP contribution in [0, 0.1) is 0 Å². The van der Waals surface area contributed by atoms with Crippen molar-refractivity contribution in [3.63, 3.8) is 0 Å². The van der Waals surface area contributed by atoms with Crippen LogP contribution in [0.1, 0.15) is 45.2 Å². The van der Waals surface area contributed by atoms with Crippen LogP contribution in [0.4, 0.5) is 5.69 Å². The van der Waals surface area contributed by atoms with Gasteiger partial charge in [0.1, 0.15) is 5.54 Å². The molecule has 0 radical (unpaired) electrons. The summed E-state index contributed by atoms with van der Waals surface area (Å²) in [6.45, 7) is 8.94. The summed E-state index contributed by atoms with van der Waals surface area (Å²) in [4.78, 5) is 32.2. The van der Waals surface area contributed by atoms with Gasteiger partial charge in [-0.2, -0.15) is 0 Å². The lowest BCUT2D eigenvalue weighted by molar-refractivity contribution is -0.154. The van der Waals surface area contributed by atoms with Crippen molar-refractivity contribution in [2.75, 3.05) is 11.9 Å². The minimum atomic E-state index is -0.848. The smallest absolute Gasteiger partial charge is 0.250 e. The first-order valence-corrected chi connectivity index (χ1v) is 10.7. The van der Waals surface area contributed by atoms with E-state index in [0.717, 1.165) is 16.5 Å². The monoisotopic (exact) mass is 415 g/mol. The quantitative estimate of drug-likeness (QED) is 0.672. The van der Waals surface area contributed by atoms with Gasteiger partial charge in [0, 0.05) is 18.1 Å². The highest BCUT2D eigenvalue weighted by Gasteiger charge is 2.49. The van der Waals surface area contributed by atoms with E-state index in [1.807, 2.05) is 49.4 Å². The normalized spacial score (nSPS) is 18.5. The standard InChI is InChI=1S/C26H29N3O2/c1-25(2,3)20-12-10-18(11-13-20)17-22(30)29-16-14-26(29,4)24(31)28-21-9-5-7-19-8-6-15-27-23(19)21/h5-13,15H,14,16-17H2,1-4H3,(H,28,31). The molecule has 2 heterocycles. The number of benzene rings is 2. The lowest BCUT2D eigenvalue weighted by atomic mass is 9.84. The SMILES string of the molecule is CC(C)(C)c1ccc(CC(=O)N2CCC2(C)C(=O)Nc2cccc3cccnc23)cc1. The van der Waals surface area contributed by atoms with Crippen LogP contribution in [0.15, 0.2) is 60.8 Å². The van der Waals surface area contributed by atoms with Crippen molar-refractivity contribution in [2.45, 2.75) is 51.5 Å². The van der Waals surface area contributed by atoms with Crippen molar-refractivity contribution < 1.29 is 9.59 Å². The molecule has 1 atom stereocenters. The zero-order valence-corrected chi connectivity index (χ0v) is 18.6. The van der Waals surface area contributed by atoms with E-state index >= 15 is 0 Å². The molecule has 2 amide bonds. The number of hydrogen-bond donors (Lipinski definition) is 1. The maximum atomic E-state index is 13.1. The van der Waals surface area contributed by atoms with E-state index in [0.29, 0.717) is 25.1 Å². The number of amides is 2. The van der Waals surface area contributed by atoms with E-state index in [2.05, 4.69) is 43.2 Å². The maximum Gasteiger partial charge on any atom is 0.250 e. The van der Waals surface area contributed by atoms with E-state index in [9.17, 15) is 9.59 Å². The van der Waals surface area contributed by atoms with Crippen LogP contribution in [0.2, 0.25) is 0 Å². The minimum Gasteiger partial charge on any atom is -0.328 e. The average molecular weight is 416 g/mol. The molecule has 5 nitrogen and oxygen atoms in total. The van der Waals surface area contributed by atoms with E-state index in [-0.39, 0.29) is 17.2 Å². The molecule has 0 aliphatic carbocycles. The van der Waals surface area contributed by atoms with Crippen LogP contribution in [0.5, 0.6) is 0 Å². The number of rotatable bonds is 4. The zero-order chi connectivity index (χ0) is 22.2. The van der Waals surface area contributed by atoms with E-state index in [1.165, 1.54) is 5.56 Å². The van der Waals surface area contributed by atoms with Gasteiger partial charge in [-0.25, -0.2) is 0 Å². The summed E-state index contributed by atoms with van der Waals surface area (Å²) in [6.07, 6.45) is 2.65. The van der Waals surface area contributed by atoms with Crippen molar-refractivity contribution in [1.82, 2.24) is 9.88 Å². The molecule has 1 saturated heterocycles. The summed E-state index contributed by atoms with van der Waals surface area (Å²) in [7, 11) is 0. The Hall–Kier alpha value is -3.21. The molecule has 1 unspecified atom stereocenters. The van der Waals surface area contributed by atoms with Gasteiger partial charge in [-0.3, -0.25) is 14.6 Å². The lowest BCUT2D eigenvalue weighted by Gasteiger charge is -2.49. The number of fused-ring (bicyclic) bond motifs is 1. The summed E-state index contributed by atoms with van der Waals surface area (Å²) in [5.41, 5.74) is 2.85. The Balaban J connectivity index is 1.47. The second-order valence-corrected chi connectivity index (χ2v) is 9.53. The number of nitrogens with one attached hydrogen (secondary N) is 1. The van der Waals surface area contributed by atoms with Gasteiger partial charge in [0.15, 0.2) is 0 Å². The van der Waals surface area contributed by atoms with Crippen LogP contribution >= 0.6 is 0 Å². The number of hydrogen-bond acceptors (Lipinski definition) is 3. The number of carbonyl (C=O) groups is 2. The molecule has 2 aromatic carbocycles. The predicted molar refractivity (Wildman–Crippen MR) is 124 cm³/mol. The molecule has 0 bridgehead atoms. The molecular weight excluding hydrogens is 386 g/mol. The zero-order valence-electron chi connectivity index (χ0n) is 18.6. The Labute approximate surface area is 183 Å². The Morgan fingerprint density at radius 1 is 1.06 bits per heavy atom. The van der Waals surface area contributed by atoms with E-state index in [4.69, 9.17) is 0 Å². The van der Waals surface area contributed by atoms with Crippen LogP contribution in [0.25, 0.3) is 10.9 Å². The van der Waals surface area contributed by atoms with Gasteiger partial charge >= 0.3 is 0 Å². The molecule has 0 spiro atoms. The van der Waals surface area contributed by atoms with E-state index in [1.54, 1.807) is 11.1 Å². The third-order valence-electron chi connectivity index (χ3n) is 6.26. The lowest BCUT2D eigenvalue weighted by Crippen LogP contribution is -2.66. The number of anilines is 1. The van der Waals surface area contributed by atoms with Gasteiger partial charge < -0.3 is 10.2 Å². The summed E-state index contributed by atoms with van der Waals surface area (Å²) in [6, 6.07) is 17.7. The van der Waals surface area contributed by atoms with Crippen molar-refractivity contribution >= 4 is 28.4 Å². The number of carbonyl (C=O) groups excluding carboxylic acids is 2. The molecule has 1 aliphatic rings. The van der Waals surface area contributed by atoms with Crippen LogP contribution in [-0.2, 0) is 21.4 Å². The van der Waals surface area contributed by atoms with Gasteiger partial charge in [0.25, 0.3) is 0 Å². The second kappa shape index (κ2) is 7.80. The topological polar surface area (TPSA) is 62.3 Å². The van der Waals surface area contributed by atoms with Gasteiger partial charge in [-0.15, -0.1) is 0 Å². The highest BCUT2D eigenvalue weighted by atomic mass is 16.2. The predicted octanol–water partition coefficient (Wildman–Crippen LogP) is 4.70. The molecule has 3 aromatic rings. The van der Waals surface area contributed by atoms with Crippen molar-refractivity contribution in [3.05, 3.63) is 71.9 Å². The Morgan fingerprint density at radius 3 is 2.42 bits per heavy atom. The average Bonchev–Trinajstić information content (AvgIpc) is 2.72. The first kappa shape index (κ1) is 21.0. The third kappa shape index (κ3) is 4.05. The fourth-order valence-electron chi connectivity index (χ4n) is 4.05. The molecule has 1 aliphatic heterocycles. The number of likely N-dealkylation sites (tertiary alicyclic amines) is 1.